The largest absolute Gasteiger partial charge is 0.330 e. The second-order valence-electron chi connectivity index (χ2n) is 3.66. The zero-order chi connectivity index (χ0) is 9.78. The van der Waals surface area contributed by atoms with Gasteiger partial charge in [0.15, 0.2) is 0 Å². The fourth-order valence-electron chi connectivity index (χ4n) is 1.10. The quantitative estimate of drug-likeness (QED) is 0.473. The van der Waals surface area contributed by atoms with E-state index in [1.165, 1.54) is 58.0 Å². The molecular formula is C11H26N2. The van der Waals surface area contributed by atoms with E-state index in [4.69, 9.17) is 5.73 Å². The first-order chi connectivity index (χ1) is 6.41. The van der Waals surface area contributed by atoms with Crippen molar-refractivity contribution >= 4 is 0 Å². The van der Waals surface area contributed by atoms with Crippen LogP contribution in [0, 0.1) is 0 Å². The minimum atomic E-state index is 0.869. The van der Waals surface area contributed by atoms with Gasteiger partial charge in [0.2, 0.25) is 0 Å². The lowest BCUT2D eigenvalue weighted by atomic mass is 10.1. The Kier molecular flexibility index (Phi) is 11.8. The molecular weight excluding hydrogens is 160 g/mol. The Morgan fingerprint density at radius 1 is 0.923 bits per heavy atom. The smallest absolute Gasteiger partial charge is 0.00772 e. The number of unbranched alkanes of at least 4 members (excludes halogenated alkanes) is 6. The Bertz CT molecular complexity index is 71.4. The van der Waals surface area contributed by atoms with Gasteiger partial charge < -0.3 is 11.1 Å². The number of nitrogens with two attached hydrogens (primary N) is 1. The van der Waals surface area contributed by atoms with Crippen LogP contribution in [0.1, 0.15) is 51.9 Å². The maximum absolute atomic E-state index is 5.37. The highest BCUT2D eigenvalue weighted by molar-refractivity contribution is 4.58. The molecule has 0 aromatic carbocycles. The monoisotopic (exact) mass is 186 g/mol. The summed E-state index contributed by atoms with van der Waals surface area (Å²) in [6.45, 7) is 5.62. The van der Waals surface area contributed by atoms with Gasteiger partial charge in [0.05, 0.1) is 0 Å². The number of hydrogen-bond acceptors (Lipinski definition) is 2. The van der Waals surface area contributed by atoms with Crippen LogP contribution < -0.4 is 11.1 Å². The van der Waals surface area contributed by atoms with Crippen molar-refractivity contribution in [3.63, 3.8) is 0 Å². The molecule has 1 aliphatic rings. The van der Waals surface area contributed by atoms with Crippen molar-refractivity contribution in [1.82, 2.24) is 5.32 Å². The standard InChI is InChI=1S/C9H21N.C2H5N/c1-2-3-4-5-6-7-8-9-10;1-2-3-1/h2-10H2,1H3;3H,1-2H2. The van der Waals surface area contributed by atoms with Gasteiger partial charge in [-0.2, -0.15) is 0 Å². The summed E-state index contributed by atoms with van der Waals surface area (Å²) < 4.78 is 0. The maximum atomic E-state index is 5.37. The molecule has 2 nitrogen and oxygen atoms in total. The van der Waals surface area contributed by atoms with Crippen LogP contribution in [-0.4, -0.2) is 19.6 Å². The molecule has 1 fully saturated rings. The van der Waals surface area contributed by atoms with E-state index < -0.39 is 0 Å². The average molecular weight is 186 g/mol. The Morgan fingerprint density at radius 3 is 1.77 bits per heavy atom. The lowest BCUT2D eigenvalue weighted by molar-refractivity contribution is 0.593. The molecule has 1 aliphatic heterocycles. The second kappa shape index (κ2) is 11.9. The molecule has 0 aromatic heterocycles. The summed E-state index contributed by atoms with van der Waals surface area (Å²) >= 11 is 0. The molecule has 0 atom stereocenters. The lowest BCUT2D eigenvalue weighted by Gasteiger charge is -1.97. The highest BCUT2D eigenvalue weighted by Crippen LogP contribution is 2.05. The van der Waals surface area contributed by atoms with Gasteiger partial charge in [-0.25, -0.2) is 0 Å². The molecule has 13 heavy (non-hydrogen) atoms. The number of hydrogen-bond donors (Lipinski definition) is 2. The van der Waals surface area contributed by atoms with Crippen molar-refractivity contribution in [2.45, 2.75) is 51.9 Å². The number of nitrogens with one attached hydrogen (secondary N) is 1. The fraction of sp³-hybridized carbons (Fsp3) is 1.00. The van der Waals surface area contributed by atoms with E-state index in [-0.39, 0.29) is 0 Å². The van der Waals surface area contributed by atoms with Gasteiger partial charge in [-0.1, -0.05) is 45.4 Å². The third-order valence-corrected chi connectivity index (χ3v) is 2.06. The van der Waals surface area contributed by atoms with E-state index in [1.54, 1.807) is 0 Å². The minimum Gasteiger partial charge on any atom is -0.330 e. The topological polar surface area (TPSA) is 48.0 Å². The van der Waals surface area contributed by atoms with Crippen LogP contribution in [0.2, 0.25) is 0 Å². The molecule has 3 N–H and O–H groups in total. The van der Waals surface area contributed by atoms with Crippen molar-refractivity contribution in [2.75, 3.05) is 19.6 Å². The fourth-order valence-corrected chi connectivity index (χ4v) is 1.10. The molecule has 0 aromatic rings. The normalized spacial score (nSPS) is 13.4. The van der Waals surface area contributed by atoms with Gasteiger partial charge in [-0.05, 0) is 13.0 Å². The summed E-state index contributed by atoms with van der Waals surface area (Å²) in [6, 6.07) is 0. The van der Waals surface area contributed by atoms with Crippen molar-refractivity contribution in [3.05, 3.63) is 0 Å². The first kappa shape index (κ1) is 12.9. The molecule has 80 valence electrons. The van der Waals surface area contributed by atoms with Crippen molar-refractivity contribution in [1.29, 1.82) is 0 Å². The van der Waals surface area contributed by atoms with Crippen LogP contribution in [0.3, 0.4) is 0 Å². The molecule has 0 saturated carbocycles. The molecule has 1 saturated heterocycles. The van der Waals surface area contributed by atoms with E-state index in [2.05, 4.69) is 12.2 Å². The van der Waals surface area contributed by atoms with Crippen LogP contribution in [-0.2, 0) is 0 Å². The third kappa shape index (κ3) is 18.7. The molecule has 0 aliphatic carbocycles. The molecule has 0 radical (unpaired) electrons. The zero-order valence-corrected chi connectivity index (χ0v) is 9.15. The summed E-state index contributed by atoms with van der Waals surface area (Å²) in [5.41, 5.74) is 5.37. The van der Waals surface area contributed by atoms with Gasteiger partial charge in [0.1, 0.15) is 0 Å². The van der Waals surface area contributed by atoms with E-state index in [9.17, 15) is 0 Å². The SMILES string of the molecule is C1CN1.CCCCCCCCCN. The van der Waals surface area contributed by atoms with Gasteiger partial charge in [0, 0.05) is 13.1 Å². The first-order valence-electron chi connectivity index (χ1n) is 5.82. The van der Waals surface area contributed by atoms with E-state index in [1.807, 2.05) is 0 Å². The van der Waals surface area contributed by atoms with Crippen molar-refractivity contribution < 1.29 is 0 Å². The van der Waals surface area contributed by atoms with Crippen LogP contribution in [0.4, 0.5) is 0 Å². The third-order valence-electron chi connectivity index (χ3n) is 2.06. The zero-order valence-electron chi connectivity index (χ0n) is 9.15. The lowest BCUT2D eigenvalue weighted by Crippen LogP contribution is -1.97. The van der Waals surface area contributed by atoms with E-state index in [0.29, 0.717) is 0 Å². The molecule has 2 heteroatoms. The Labute approximate surface area is 83.3 Å². The predicted molar refractivity (Wildman–Crippen MR) is 59.9 cm³/mol. The highest BCUT2D eigenvalue weighted by atomic mass is 15.0. The average Bonchev–Trinajstić information content (AvgIpc) is 2.98. The van der Waals surface area contributed by atoms with Gasteiger partial charge in [-0.3, -0.25) is 0 Å². The number of rotatable bonds is 7. The van der Waals surface area contributed by atoms with E-state index >= 15 is 0 Å². The highest BCUT2D eigenvalue weighted by Gasteiger charge is 1.91. The predicted octanol–water partition coefficient (Wildman–Crippen LogP) is 2.29. The summed E-state index contributed by atoms with van der Waals surface area (Å²) in [6.07, 6.45) is 9.51. The summed E-state index contributed by atoms with van der Waals surface area (Å²) in [5, 5.41) is 3.00. The molecule has 0 bridgehead atoms. The second-order valence-corrected chi connectivity index (χ2v) is 3.66. The van der Waals surface area contributed by atoms with Crippen LogP contribution >= 0.6 is 0 Å². The molecule has 1 heterocycles. The Hall–Kier alpha value is -0.0800. The van der Waals surface area contributed by atoms with Crippen molar-refractivity contribution in [3.8, 4) is 0 Å². The maximum Gasteiger partial charge on any atom is 0.00772 e. The molecule has 0 spiro atoms. The van der Waals surface area contributed by atoms with Crippen LogP contribution in [0.25, 0.3) is 0 Å². The molecule has 0 unspecified atom stereocenters. The first-order valence-corrected chi connectivity index (χ1v) is 5.82. The Balaban J connectivity index is 0.000000396. The van der Waals surface area contributed by atoms with Crippen LogP contribution in [0.15, 0.2) is 0 Å². The van der Waals surface area contributed by atoms with Crippen LogP contribution in [0.5, 0.6) is 0 Å². The van der Waals surface area contributed by atoms with Gasteiger partial charge in [-0.15, -0.1) is 0 Å². The summed E-state index contributed by atoms with van der Waals surface area (Å²) in [4.78, 5) is 0. The molecule has 1 rings (SSSR count). The van der Waals surface area contributed by atoms with Gasteiger partial charge >= 0.3 is 0 Å². The van der Waals surface area contributed by atoms with Gasteiger partial charge in [0.25, 0.3) is 0 Å². The molecule has 0 amide bonds. The summed E-state index contributed by atoms with van der Waals surface area (Å²) in [7, 11) is 0. The van der Waals surface area contributed by atoms with Crippen molar-refractivity contribution in [2.24, 2.45) is 5.73 Å². The summed E-state index contributed by atoms with van der Waals surface area (Å²) in [5.74, 6) is 0. The Morgan fingerprint density at radius 2 is 1.38 bits per heavy atom. The minimum absolute atomic E-state index is 0.869. The van der Waals surface area contributed by atoms with E-state index in [0.717, 1.165) is 6.54 Å².